The topological polar surface area (TPSA) is 88.1 Å². The van der Waals surface area contributed by atoms with Crippen molar-refractivity contribution < 1.29 is 8.42 Å². The molecule has 6 rings (SSSR count). The summed E-state index contributed by atoms with van der Waals surface area (Å²) in [6, 6.07) is 16.6. The summed E-state index contributed by atoms with van der Waals surface area (Å²) in [4.78, 5) is 15.7. The van der Waals surface area contributed by atoms with Crippen molar-refractivity contribution in [3.8, 4) is 11.3 Å². The van der Waals surface area contributed by atoms with Gasteiger partial charge in [-0.25, -0.2) is 18.4 Å². The summed E-state index contributed by atoms with van der Waals surface area (Å²) in [5.41, 5.74) is 5.85. The number of hydrogen-bond donors (Lipinski definition) is 1. The lowest BCUT2D eigenvalue weighted by atomic mass is 10.0. The number of nitrogens with one attached hydrogen (secondary N) is 1. The van der Waals surface area contributed by atoms with Crippen molar-refractivity contribution in [2.45, 2.75) is 19.5 Å². The number of hydrogen-bond acceptors (Lipinski definition) is 7. The summed E-state index contributed by atoms with van der Waals surface area (Å²) in [6.07, 6.45) is 7.38. The van der Waals surface area contributed by atoms with Crippen LogP contribution in [0.5, 0.6) is 0 Å². The van der Waals surface area contributed by atoms with Gasteiger partial charge in [-0.3, -0.25) is 4.98 Å². The summed E-state index contributed by atoms with van der Waals surface area (Å²) < 4.78 is 23.1. The van der Waals surface area contributed by atoms with Crippen molar-refractivity contribution in [3.63, 3.8) is 0 Å². The highest BCUT2D eigenvalue weighted by Crippen LogP contribution is 2.32. The Morgan fingerprint density at radius 1 is 1.00 bits per heavy atom. The molecule has 0 aliphatic carbocycles. The third kappa shape index (κ3) is 3.80. The van der Waals surface area contributed by atoms with E-state index < -0.39 is 9.84 Å². The Balaban J connectivity index is 1.28. The predicted octanol–water partition coefficient (Wildman–Crippen LogP) is 4.33. The first kappa shape index (κ1) is 20.8. The van der Waals surface area contributed by atoms with Crippen LogP contribution in [0.4, 0.5) is 11.5 Å². The maximum Gasteiger partial charge on any atom is 0.154 e. The molecule has 0 amide bonds. The Morgan fingerprint density at radius 2 is 1.82 bits per heavy atom. The first-order valence-corrected chi connectivity index (χ1v) is 13.0. The first-order chi connectivity index (χ1) is 16.4. The Bertz CT molecular complexity index is 1550. The van der Waals surface area contributed by atoms with E-state index >= 15 is 0 Å². The lowest BCUT2D eigenvalue weighted by molar-refractivity contribution is 0.285. The van der Waals surface area contributed by atoms with Crippen molar-refractivity contribution in [1.82, 2.24) is 19.9 Å². The summed E-state index contributed by atoms with van der Waals surface area (Å²) in [6.45, 7) is 2.66. The fraction of sp³-hybridized carbons (Fsp3) is 0.192. The molecule has 0 radical (unpaired) electrons. The third-order valence-corrected chi connectivity index (χ3v) is 8.29. The predicted molar refractivity (Wildman–Crippen MR) is 134 cm³/mol. The van der Waals surface area contributed by atoms with Crippen LogP contribution in [0.15, 0.2) is 67.3 Å². The lowest BCUT2D eigenvalue weighted by Crippen LogP contribution is -2.51. The van der Waals surface area contributed by atoms with Gasteiger partial charge >= 0.3 is 0 Å². The molecule has 34 heavy (non-hydrogen) atoms. The normalized spacial score (nSPS) is 16.8. The van der Waals surface area contributed by atoms with E-state index in [-0.39, 0.29) is 17.5 Å². The zero-order valence-corrected chi connectivity index (χ0v) is 19.5. The average molecular weight is 470 g/mol. The summed E-state index contributed by atoms with van der Waals surface area (Å²) in [7, 11) is -2.87. The van der Waals surface area contributed by atoms with Crippen molar-refractivity contribution in [3.05, 3.63) is 84.1 Å². The van der Waals surface area contributed by atoms with Gasteiger partial charge in [0.25, 0.3) is 0 Å². The number of benzene rings is 2. The highest BCUT2D eigenvalue weighted by Gasteiger charge is 2.37. The molecule has 4 aromatic rings. The molecule has 0 saturated carbocycles. The average Bonchev–Trinajstić information content (AvgIpc) is 2.83. The minimum atomic E-state index is -2.87. The van der Waals surface area contributed by atoms with Crippen LogP contribution in [0.3, 0.4) is 0 Å². The second-order valence-electron chi connectivity index (χ2n) is 8.87. The smallest absolute Gasteiger partial charge is 0.154 e. The van der Waals surface area contributed by atoms with E-state index in [0.29, 0.717) is 6.54 Å². The van der Waals surface area contributed by atoms with Gasteiger partial charge in [-0.2, -0.15) is 0 Å². The summed E-state index contributed by atoms with van der Waals surface area (Å²) >= 11 is 0. The van der Waals surface area contributed by atoms with Gasteiger partial charge in [0, 0.05) is 34.6 Å². The molecular formula is C26H23N5O2S. The number of sulfone groups is 1. The molecule has 2 aliphatic rings. The van der Waals surface area contributed by atoms with Crippen LogP contribution in [0.25, 0.3) is 28.1 Å². The van der Waals surface area contributed by atoms with Gasteiger partial charge in [0.05, 0.1) is 35.5 Å². The van der Waals surface area contributed by atoms with Crippen LogP contribution in [-0.4, -0.2) is 45.8 Å². The molecular weight excluding hydrogens is 446 g/mol. The zero-order chi connectivity index (χ0) is 23.3. The molecule has 2 aromatic heterocycles. The zero-order valence-electron chi connectivity index (χ0n) is 18.6. The van der Waals surface area contributed by atoms with Crippen LogP contribution < -0.4 is 5.32 Å². The number of pyridine rings is 1. The molecule has 0 atom stereocenters. The first-order valence-electron chi connectivity index (χ1n) is 11.2. The second-order valence-corrected chi connectivity index (χ2v) is 11.0. The van der Waals surface area contributed by atoms with E-state index in [9.17, 15) is 8.42 Å². The minimum absolute atomic E-state index is 0.0230. The van der Waals surface area contributed by atoms with Gasteiger partial charge in [-0.05, 0) is 42.1 Å². The van der Waals surface area contributed by atoms with E-state index in [1.165, 1.54) is 0 Å². The minimum Gasteiger partial charge on any atom is -0.366 e. The Hall–Kier alpha value is -3.78. The fourth-order valence-electron chi connectivity index (χ4n) is 4.55. The maximum absolute atomic E-state index is 11.6. The van der Waals surface area contributed by atoms with Crippen LogP contribution in [0.1, 0.15) is 16.8 Å². The molecule has 2 aromatic carbocycles. The molecule has 0 spiro atoms. The molecule has 4 heterocycles. The number of anilines is 2. The van der Waals surface area contributed by atoms with Gasteiger partial charge in [0.1, 0.15) is 12.1 Å². The largest absolute Gasteiger partial charge is 0.366 e. The van der Waals surface area contributed by atoms with Gasteiger partial charge in [-0.15, -0.1) is 0 Å². The number of aromatic nitrogens is 3. The monoisotopic (exact) mass is 469 g/mol. The van der Waals surface area contributed by atoms with Crippen molar-refractivity contribution in [2.75, 3.05) is 16.8 Å². The SMILES string of the molecule is Cc1ccc(Nc2ncnc3c2C=CN(C2CS(=O)(=O)C2)C3)cc1-c1cc2ccccc2cn1. The molecule has 0 bridgehead atoms. The third-order valence-electron chi connectivity index (χ3n) is 6.50. The van der Waals surface area contributed by atoms with Gasteiger partial charge in [0.2, 0.25) is 0 Å². The highest BCUT2D eigenvalue weighted by molar-refractivity contribution is 7.92. The number of fused-ring (bicyclic) bond motifs is 2. The van der Waals surface area contributed by atoms with E-state index in [1.54, 1.807) is 6.33 Å². The van der Waals surface area contributed by atoms with Crippen LogP contribution >= 0.6 is 0 Å². The Morgan fingerprint density at radius 3 is 2.65 bits per heavy atom. The molecule has 170 valence electrons. The van der Waals surface area contributed by atoms with Gasteiger partial charge in [0.15, 0.2) is 9.84 Å². The molecule has 8 heteroatoms. The number of rotatable bonds is 4. The van der Waals surface area contributed by atoms with Crippen molar-refractivity contribution in [1.29, 1.82) is 0 Å². The molecule has 2 aliphatic heterocycles. The van der Waals surface area contributed by atoms with Crippen molar-refractivity contribution >= 4 is 38.2 Å². The van der Waals surface area contributed by atoms with E-state index in [1.807, 2.05) is 36.7 Å². The van der Waals surface area contributed by atoms with Crippen molar-refractivity contribution in [2.24, 2.45) is 0 Å². The fourth-order valence-corrected chi connectivity index (χ4v) is 6.01. The molecule has 1 fully saturated rings. The Labute approximate surface area is 198 Å². The quantitative estimate of drug-likeness (QED) is 0.476. The van der Waals surface area contributed by atoms with Crippen LogP contribution in [-0.2, 0) is 16.4 Å². The standard InChI is InChI=1S/C26H23N5O2S/c1-17-6-7-20(11-23(17)24-10-18-4-2-3-5-19(18)12-27-24)30-26-22-8-9-31(13-25(22)28-16-29-26)21-14-34(32,33)15-21/h2-12,16,21H,13-15H2,1H3,(H,28,29,30). The molecule has 7 nitrogen and oxygen atoms in total. The molecule has 0 unspecified atom stereocenters. The maximum atomic E-state index is 11.6. The number of aryl methyl sites for hydroxylation is 1. The van der Waals surface area contributed by atoms with Crippen LogP contribution in [0.2, 0.25) is 0 Å². The number of nitrogens with zero attached hydrogens (tertiary/aromatic N) is 4. The van der Waals surface area contributed by atoms with Crippen LogP contribution in [0, 0.1) is 6.92 Å². The highest BCUT2D eigenvalue weighted by atomic mass is 32.2. The summed E-state index contributed by atoms with van der Waals surface area (Å²) in [5.74, 6) is 1.14. The van der Waals surface area contributed by atoms with Gasteiger partial charge < -0.3 is 10.2 Å². The van der Waals surface area contributed by atoms with E-state index in [0.717, 1.165) is 50.4 Å². The Kier molecular flexibility index (Phi) is 4.84. The second kappa shape index (κ2) is 7.92. The van der Waals surface area contributed by atoms with Gasteiger partial charge in [-0.1, -0.05) is 30.3 Å². The molecule has 1 saturated heterocycles. The summed E-state index contributed by atoms with van der Waals surface area (Å²) in [5, 5.41) is 5.72. The molecule has 1 N–H and O–H groups in total. The van der Waals surface area contributed by atoms with E-state index in [2.05, 4.69) is 57.4 Å². The lowest BCUT2D eigenvalue weighted by Gasteiger charge is -2.38. The van der Waals surface area contributed by atoms with E-state index in [4.69, 9.17) is 4.98 Å².